The molecule has 0 radical (unpaired) electrons. The van der Waals surface area contributed by atoms with Gasteiger partial charge in [-0.1, -0.05) is 6.07 Å². The van der Waals surface area contributed by atoms with Gasteiger partial charge in [0.05, 0.1) is 13.7 Å². The van der Waals surface area contributed by atoms with Gasteiger partial charge in [0.25, 0.3) is 0 Å². The minimum atomic E-state index is -0.472. The molecule has 21 heavy (non-hydrogen) atoms. The van der Waals surface area contributed by atoms with E-state index in [1.165, 1.54) is 13.2 Å². The van der Waals surface area contributed by atoms with Crippen molar-refractivity contribution >= 4 is 12.0 Å². The average molecular weight is 286 g/mol. The van der Waals surface area contributed by atoms with E-state index in [1.807, 2.05) is 0 Å². The maximum Gasteiger partial charge on any atom is 0.344 e. The van der Waals surface area contributed by atoms with Gasteiger partial charge in [-0.3, -0.25) is 0 Å². The Morgan fingerprint density at radius 3 is 2.57 bits per heavy atom. The lowest BCUT2D eigenvalue weighted by atomic mass is 10.1. The normalized spacial score (nSPS) is 8.95. The predicted molar refractivity (Wildman–Crippen MR) is 74.3 cm³/mol. The molecular formula is C15H14N2O4. The van der Waals surface area contributed by atoms with Gasteiger partial charge in [0.2, 0.25) is 0 Å². The third-order valence-electron chi connectivity index (χ3n) is 2.39. The smallest absolute Gasteiger partial charge is 0.344 e. The summed E-state index contributed by atoms with van der Waals surface area (Å²) in [7, 11) is 1.45. The topological polar surface area (TPSA) is 92.3 Å². The van der Waals surface area contributed by atoms with Crippen molar-refractivity contribution in [2.24, 2.45) is 0 Å². The third kappa shape index (κ3) is 4.88. The van der Waals surface area contributed by atoms with Crippen LogP contribution in [0, 0.1) is 22.7 Å². The van der Waals surface area contributed by atoms with E-state index in [0.29, 0.717) is 17.1 Å². The van der Waals surface area contributed by atoms with Crippen molar-refractivity contribution in [3.8, 4) is 23.6 Å². The fourth-order valence-electron chi connectivity index (χ4n) is 1.49. The van der Waals surface area contributed by atoms with Crippen molar-refractivity contribution in [1.82, 2.24) is 0 Å². The summed E-state index contributed by atoms with van der Waals surface area (Å²) in [5.41, 5.74) is 0.602. The molecule has 0 aliphatic rings. The molecule has 0 aromatic heterocycles. The quantitative estimate of drug-likeness (QED) is 0.587. The fourth-order valence-corrected chi connectivity index (χ4v) is 1.49. The largest absolute Gasteiger partial charge is 0.493 e. The van der Waals surface area contributed by atoms with Gasteiger partial charge in [0.1, 0.15) is 17.7 Å². The highest BCUT2D eigenvalue weighted by atomic mass is 16.6. The second-order valence-corrected chi connectivity index (χ2v) is 3.79. The number of nitrogens with zero attached hydrogens (tertiary/aromatic N) is 2. The van der Waals surface area contributed by atoms with Crippen LogP contribution in [0.25, 0.3) is 6.08 Å². The molecule has 0 saturated carbocycles. The Labute approximate surface area is 122 Å². The Morgan fingerprint density at radius 1 is 1.29 bits per heavy atom. The maximum atomic E-state index is 11.2. The van der Waals surface area contributed by atoms with E-state index >= 15 is 0 Å². The van der Waals surface area contributed by atoms with Crippen molar-refractivity contribution in [2.45, 2.75) is 6.92 Å². The molecule has 0 unspecified atom stereocenters. The highest BCUT2D eigenvalue weighted by Gasteiger charge is 2.09. The van der Waals surface area contributed by atoms with E-state index in [4.69, 9.17) is 24.7 Å². The number of hydrogen-bond acceptors (Lipinski definition) is 6. The van der Waals surface area contributed by atoms with Crippen molar-refractivity contribution in [3.63, 3.8) is 0 Å². The summed E-state index contributed by atoms with van der Waals surface area (Å²) in [5, 5.41) is 17.4. The number of carbonyl (C=O) groups is 1. The number of carbonyl (C=O) groups excluding carboxylic acids is 1. The molecule has 0 aliphatic carbocycles. The van der Waals surface area contributed by atoms with Gasteiger partial charge in [-0.2, -0.15) is 10.5 Å². The van der Waals surface area contributed by atoms with Crippen LogP contribution in [0.2, 0.25) is 0 Å². The van der Waals surface area contributed by atoms with Crippen LogP contribution in [0.1, 0.15) is 12.5 Å². The Hall–Kier alpha value is -2.99. The van der Waals surface area contributed by atoms with Crippen LogP contribution in [0.15, 0.2) is 23.8 Å². The minimum absolute atomic E-state index is 0.0164. The SMILES string of the molecule is CCOC(=O)COc1ccc(C=C(C#N)C#N)cc1OC. The van der Waals surface area contributed by atoms with Gasteiger partial charge >= 0.3 is 5.97 Å². The fraction of sp³-hybridized carbons (Fsp3) is 0.267. The second-order valence-electron chi connectivity index (χ2n) is 3.79. The number of methoxy groups -OCH3 is 1. The van der Waals surface area contributed by atoms with Crippen LogP contribution in [0.3, 0.4) is 0 Å². The second kappa shape index (κ2) is 8.23. The van der Waals surface area contributed by atoms with Crippen molar-refractivity contribution in [3.05, 3.63) is 29.3 Å². The molecule has 1 aromatic carbocycles. The molecular weight excluding hydrogens is 272 g/mol. The molecule has 0 spiro atoms. The van der Waals surface area contributed by atoms with Crippen molar-refractivity contribution in [2.75, 3.05) is 20.3 Å². The van der Waals surface area contributed by atoms with Crippen LogP contribution in [0.5, 0.6) is 11.5 Å². The zero-order valence-corrected chi connectivity index (χ0v) is 11.8. The van der Waals surface area contributed by atoms with Crippen molar-refractivity contribution < 1.29 is 19.0 Å². The highest BCUT2D eigenvalue weighted by molar-refractivity contribution is 5.71. The standard InChI is InChI=1S/C15H14N2O4/c1-3-20-15(18)10-21-13-5-4-11(7-14(13)19-2)6-12(8-16)9-17/h4-7H,3,10H2,1-2H3. The van der Waals surface area contributed by atoms with Crippen LogP contribution in [-0.2, 0) is 9.53 Å². The number of hydrogen-bond donors (Lipinski definition) is 0. The van der Waals surface area contributed by atoms with E-state index in [2.05, 4.69) is 0 Å². The molecule has 0 heterocycles. The Kier molecular flexibility index (Phi) is 6.30. The maximum absolute atomic E-state index is 11.2. The summed E-state index contributed by atoms with van der Waals surface area (Å²) in [6.07, 6.45) is 1.43. The van der Waals surface area contributed by atoms with E-state index < -0.39 is 5.97 Å². The van der Waals surface area contributed by atoms with Gasteiger partial charge in [-0.05, 0) is 30.7 Å². The van der Waals surface area contributed by atoms with Crippen LogP contribution < -0.4 is 9.47 Å². The molecule has 6 nitrogen and oxygen atoms in total. The molecule has 0 bridgehead atoms. The lowest BCUT2D eigenvalue weighted by molar-refractivity contribution is -0.145. The summed E-state index contributed by atoms with van der Waals surface area (Å²) >= 11 is 0. The van der Waals surface area contributed by atoms with E-state index in [-0.39, 0.29) is 18.8 Å². The Balaban J connectivity index is 2.90. The van der Waals surface area contributed by atoms with Crippen LogP contribution in [0.4, 0.5) is 0 Å². The lowest BCUT2D eigenvalue weighted by Crippen LogP contribution is -2.14. The lowest BCUT2D eigenvalue weighted by Gasteiger charge is -2.10. The molecule has 0 amide bonds. The molecule has 0 saturated heterocycles. The highest BCUT2D eigenvalue weighted by Crippen LogP contribution is 2.28. The van der Waals surface area contributed by atoms with E-state index in [9.17, 15) is 4.79 Å². The zero-order valence-electron chi connectivity index (χ0n) is 11.8. The first kappa shape index (κ1) is 16.1. The Morgan fingerprint density at radius 2 is 2.00 bits per heavy atom. The minimum Gasteiger partial charge on any atom is -0.493 e. The Bertz CT molecular complexity index is 608. The van der Waals surface area contributed by atoms with Crippen LogP contribution in [-0.4, -0.2) is 26.3 Å². The number of rotatable bonds is 6. The molecule has 0 aliphatic heterocycles. The summed E-state index contributed by atoms with van der Waals surface area (Å²) in [6, 6.07) is 8.40. The first-order valence-corrected chi connectivity index (χ1v) is 6.13. The van der Waals surface area contributed by atoms with Gasteiger partial charge in [-0.15, -0.1) is 0 Å². The molecule has 1 rings (SSSR count). The van der Waals surface area contributed by atoms with Gasteiger partial charge < -0.3 is 14.2 Å². The molecule has 0 N–H and O–H groups in total. The first-order chi connectivity index (χ1) is 10.1. The number of benzene rings is 1. The molecule has 0 fully saturated rings. The first-order valence-electron chi connectivity index (χ1n) is 6.13. The summed E-state index contributed by atoms with van der Waals surface area (Å²) in [6.45, 7) is 1.77. The summed E-state index contributed by atoms with van der Waals surface area (Å²) in [5.74, 6) is 0.293. The molecule has 1 aromatic rings. The predicted octanol–water partition coefficient (Wildman–Crippen LogP) is 2.07. The molecule has 108 valence electrons. The van der Waals surface area contributed by atoms with Crippen molar-refractivity contribution in [1.29, 1.82) is 10.5 Å². The number of esters is 1. The summed E-state index contributed by atoms with van der Waals surface area (Å²) in [4.78, 5) is 11.2. The van der Waals surface area contributed by atoms with E-state index in [1.54, 1.807) is 37.3 Å². The molecule has 6 heteroatoms. The summed E-state index contributed by atoms with van der Waals surface area (Å²) < 4.78 is 15.2. The number of allylic oxidation sites excluding steroid dienone is 1. The zero-order chi connectivity index (χ0) is 15.7. The molecule has 0 atom stereocenters. The van der Waals surface area contributed by atoms with Crippen LogP contribution >= 0.6 is 0 Å². The van der Waals surface area contributed by atoms with Gasteiger partial charge in [0.15, 0.2) is 18.1 Å². The monoisotopic (exact) mass is 286 g/mol. The van der Waals surface area contributed by atoms with E-state index in [0.717, 1.165) is 0 Å². The van der Waals surface area contributed by atoms with Gasteiger partial charge in [0, 0.05) is 0 Å². The number of ether oxygens (including phenoxy) is 3. The van der Waals surface area contributed by atoms with Gasteiger partial charge in [-0.25, -0.2) is 4.79 Å². The number of nitriles is 2. The average Bonchev–Trinajstić information content (AvgIpc) is 2.51. The third-order valence-corrected chi connectivity index (χ3v) is 2.39.